The first kappa shape index (κ1) is 21.6. The predicted octanol–water partition coefficient (Wildman–Crippen LogP) is 7.90. The van der Waals surface area contributed by atoms with E-state index >= 15 is 0 Å². The average Bonchev–Trinajstić information content (AvgIpc) is 3.11. The van der Waals surface area contributed by atoms with Crippen LogP contribution in [0.2, 0.25) is 15.1 Å². The van der Waals surface area contributed by atoms with E-state index in [2.05, 4.69) is 20.6 Å². The van der Waals surface area contributed by atoms with Gasteiger partial charge in [0.15, 0.2) is 0 Å². The molecule has 4 nitrogen and oxygen atoms in total. The highest BCUT2D eigenvalue weighted by molar-refractivity contribution is 6.39. The first-order valence-corrected chi connectivity index (χ1v) is 10.1. The molecule has 1 heterocycles. The third-order valence-corrected chi connectivity index (χ3v) is 5.48. The van der Waals surface area contributed by atoms with Crippen LogP contribution in [-0.4, -0.2) is 9.97 Å². The number of aromatic amines is 1. The maximum atomic E-state index is 13.0. The maximum absolute atomic E-state index is 13.0. The van der Waals surface area contributed by atoms with E-state index < -0.39 is 11.7 Å². The third-order valence-electron chi connectivity index (χ3n) is 4.52. The van der Waals surface area contributed by atoms with Crippen LogP contribution in [0.3, 0.4) is 0 Å². The fourth-order valence-electron chi connectivity index (χ4n) is 3.02. The molecule has 0 amide bonds. The maximum Gasteiger partial charge on any atom is 0.417 e. The SMILES string of the molecule is FC(F)(F)c1cc(NCc2ccc3nc(Nc4c(Cl)cccc4Cl)[nH]c3c2)ccc1Cl. The van der Waals surface area contributed by atoms with Crippen molar-refractivity contribution in [3.05, 3.63) is 80.8 Å². The van der Waals surface area contributed by atoms with E-state index in [9.17, 15) is 13.2 Å². The highest BCUT2D eigenvalue weighted by Gasteiger charge is 2.33. The van der Waals surface area contributed by atoms with Crippen molar-refractivity contribution in [3.63, 3.8) is 0 Å². The lowest BCUT2D eigenvalue weighted by Crippen LogP contribution is -2.07. The number of benzene rings is 3. The van der Waals surface area contributed by atoms with Crippen LogP contribution in [0, 0.1) is 0 Å². The molecule has 0 saturated heterocycles. The van der Waals surface area contributed by atoms with Gasteiger partial charge in [0.2, 0.25) is 5.95 Å². The van der Waals surface area contributed by atoms with E-state index in [0.29, 0.717) is 39.4 Å². The quantitative estimate of drug-likeness (QED) is 0.269. The van der Waals surface area contributed by atoms with Crippen molar-refractivity contribution in [2.45, 2.75) is 12.7 Å². The second kappa shape index (κ2) is 8.49. The van der Waals surface area contributed by atoms with Crippen LogP contribution < -0.4 is 10.6 Å². The van der Waals surface area contributed by atoms with Gasteiger partial charge in [-0.2, -0.15) is 13.2 Å². The molecule has 3 N–H and O–H groups in total. The molecule has 160 valence electrons. The molecule has 0 saturated carbocycles. The number of hydrogen-bond acceptors (Lipinski definition) is 3. The molecule has 0 aliphatic heterocycles. The summed E-state index contributed by atoms with van der Waals surface area (Å²) in [6, 6.07) is 14.4. The molecular formula is C21H14Cl3F3N4. The van der Waals surface area contributed by atoms with Crippen molar-refractivity contribution in [2.75, 3.05) is 10.6 Å². The van der Waals surface area contributed by atoms with Gasteiger partial charge in [-0.15, -0.1) is 0 Å². The third kappa shape index (κ3) is 4.84. The summed E-state index contributed by atoms with van der Waals surface area (Å²) in [7, 11) is 0. The summed E-state index contributed by atoms with van der Waals surface area (Å²) in [6.45, 7) is 0.312. The Balaban J connectivity index is 1.51. The zero-order valence-corrected chi connectivity index (χ0v) is 17.9. The molecule has 31 heavy (non-hydrogen) atoms. The van der Waals surface area contributed by atoms with E-state index in [4.69, 9.17) is 34.8 Å². The molecule has 0 atom stereocenters. The van der Waals surface area contributed by atoms with Gasteiger partial charge in [-0.1, -0.05) is 46.9 Å². The van der Waals surface area contributed by atoms with Crippen molar-refractivity contribution in [3.8, 4) is 0 Å². The first-order chi connectivity index (χ1) is 14.7. The zero-order valence-electron chi connectivity index (χ0n) is 15.6. The lowest BCUT2D eigenvalue weighted by atomic mass is 10.1. The lowest BCUT2D eigenvalue weighted by Gasteiger charge is -2.12. The Hall–Kier alpha value is -2.61. The normalized spacial score (nSPS) is 11.7. The van der Waals surface area contributed by atoms with Crippen molar-refractivity contribution < 1.29 is 13.2 Å². The summed E-state index contributed by atoms with van der Waals surface area (Å²) in [5.74, 6) is 0.461. The minimum absolute atomic E-state index is 0.312. The Morgan fingerprint density at radius 2 is 1.65 bits per heavy atom. The van der Waals surface area contributed by atoms with Crippen LogP contribution in [0.25, 0.3) is 11.0 Å². The Labute approximate surface area is 190 Å². The standard InChI is InChI=1S/C21H14Cl3F3N4/c22-14-6-5-12(9-13(14)21(25,26)27)28-10-11-4-7-17-18(8-11)30-20(29-17)31-19-15(23)2-1-3-16(19)24/h1-9,28H,10H2,(H2,29,30,31). The fourth-order valence-corrected chi connectivity index (χ4v) is 3.73. The van der Waals surface area contributed by atoms with E-state index in [0.717, 1.165) is 17.1 Å². The highest BCUT2D eigenvalue weighted by Crippen LogP contribution is 2.36. The Morgan fingerprint density at radius 3 is 2.35 bits per heavy atom. The number of nitrogens with one attached hydrogen (secondary N) is 3. The summed E-state index contributed by atoms with van der Waals surface area (Å²) in [4.78, 5) is 7.59. The molecule has 10 heteroatoms. The molecule has 4 rings (SSSR count). The van der Waals surface area contributed by atoms with Gasteiger partial charge in [-0.3, -0.25) is 0 Å². The molecular weight excluding hydrogens is 472 g/mol. The monoisotopic (exact) mass is 484 g/mol. The van der Waals surface area contributed by atoms with Gasteiger partial charge in [0.05, 0.1) is 37.4 Å². The number of fused-ring (bicyclic) bond motifs is 1. The highest BCUT2D eigenvalue weighted by atomic mass is 35.5. The summed E-state index contributed by atoms with van der Waals surface area (Å²) < 4.78 is 39.1. The zero-order chi connectivity index (χ0) is 22.2. The molecule has 0 bridgehead atoms. The van der Waals surface area contributed by atoms with E-state index in [1.165, 1.54) is 12.1 Å². The van der Waals surface area contributed by atoms with Crippen molar-refractivity contribution in [1.29, 1.82) is 0 Å². The first-order valence-electron chi connectivity index (χ1n) is 9.01. The van der Waals surface area contributed by atoms with Crippen LogP contribution in [0.15, 0.2) is 54.6 Å². The minimum atomic E-state index is -4.52. The molecule has 0 fully saturated rings. The van der Waals surface area contributed by atoms with Crippen LogP contribution in [0.4, 0.5) is 30.5 Å². The van der Waals surface area contributed by atoms with E-state index in [1.807, 2.05) is 18.2 Å². The largest absolute Gasteiger partial charge is 0.417 e. The molecule has 0 unspecified atom stereocenters. The van der Waals surface area contributed by atoms with E-state index in [1.54, 1.807) is 18.2 Å². The van der Waals surface area contributed by atoms with Crippen molar-refractivity contribution in [1.82, 2.24) is 9.97 Å². The summed E-state index contributed by atoms with van der Waals surface area (Å²) in [5.41, 5.74) is 2.28. The average molecular weight is 486 g/mol. The Bertz CT molecular complexity index is 1230. The Kier molecular flexibility index (Phi) is 5.92. The number of aromatic nitrogens is 2. The number of hydrogen-bond donors (Lipinski definition) is 3. The number of halogens is 6. The van der Waals surface area contributed by atoms with Crippen LogP contribution in [0.5, 0.6) is 0 Å². The predicted molar refractivity (Wildman–Crippen MR) is 120 cm³/mol. The second-order valence-corrected chi connectivity index (χ2v) is 7.93. The summed E-state index contributed by atoms with van der Waals surface area (Å²) in [5, 5.41) is 6.63. The van der Waals surface area contributed by atoms with Crippen LogP contribution in [0.1, 0.15) is 11.1 Å². The number of H-pyrrole nitrogens is 1. The Morgan fingerprint density at radius 1 is 0.903 bits per heavy atom. The number of nitrogens with zero attached hydrogens (tertiary/aromatic N) is 1. The van der Waals surface area contributed by atoms with Gasteiger partial charge in [0, 0.05) is 12.2 Å². The molecule has 3 aromatic carbocycles. The number of para-hydroxylation sites is 1. The number of imidazole rings is 1. The molecule has 0 spiro atoms. The van der Waals surface area contributed by atoms with Gasteiger partial charge < -0.3 is 15.6 Å². The van der Waals surface area contributed by atoms with Crippen molar-refractivity contribution in [2.24, 2.45) is 0 Å². The topological polar surface area (TPSA) is 52.7 Å². The number of rotatable bonds is 5. The molecule has 0 aliphatic carbocycles. The van der Waals surface area contributed by atoms with Gasteiger partial charge in [0.1, 0.15) is 0 Å². The van der Waals surface area contributed by atoms with Gasteiger partial charge >= 0.3 is 6.18 Å². The summed E-state index contributed by atoms with van der Waals surface area (Å²) in [6.07, 6.45) is -4.52. The molecule has 4 aromatic rings. The lowest BCUT2D eigenvalue weighted by molar-refractivity contribution is -0.137. The molecule has 0 radical (unpaired) electrons. The smallest absolute Gasteiger partial charge is 0.381 e. The van der Waals surface area contributed by atoms with Crippen molar-refractivity contribution >= 4 is 63.2 Å². The molecule has 1 aromatic heterocycles. The van der Waals surface area contributed by atoms with Crippen LogP contribution in [-0.2, 0) is 12.7 Å². The van der Waals surface area contributed by atoms with Crippen LogP contribution >= 0.6 is 34.8 Å². The number of anilines is 3. The van der Waals surface area contributed by atoms with Gasteiger partial charge in [0.25, 0.3) is 0 Å². The molecule has 0 aliphatic rings. The minimum Gasteiger partial charge on any atom is -0.381 e. The van der Waals surface area contributed by atoms with E-state index in [-0.39, 0.29) is 5.02 Å². The summed E-state index contributed by atoms with van der Waals surface area (Å²) >= 11 is 18.0. The second-order valence-electron chi connectivity index (χ2n) is 6.70. The number of alkyl halides is 3. The van der Waals surface area contributed by atoms with Gasteiger partial charge in [-0.25, -0.2) is 4.98 Å². The fraction of sp³-hybridized carbons (Fsp3) is 0.0952. The van der Waals surface area contributed by atoms with Gasteiger partial charge in [-0.05, 0) is 48.0 Å².